The van der Waals surface area contributed by atoms with E-state index in [2.05, 4.69) is 26.0 Å². The van der Waals surface area contributed by atoms with E-state index < -0.39 is 0 Å². The minimum atomic E-state index is 0.748. The lowest BCUT2D eigenvalue weighted by atomic mass is 9.85. The molecule has 0 unspecified atom stereocenters. The molecule has 2 aromatic carbocycles. The molecular weight excluding hydrogens is 284 g/mol. The van der Waals surface area contributed by atoms with Crippen molar-refractivity contribution < 1.29 is 9.59 Å². The second kappa shape index (κ2) is 6.49. The fraction of sp³-hybridized carbons (Fsp3) is 0.333. The van der Waals surface area contributed by atoms with Gasteiger partial charge in [-0.25, -0.2) is 0 Å². The van der Waals surface area contributed by atoms with E-state index in [9.17, 15) is 9.59 Å². The molecule has 2 rings (SSSR count). The van der Waals surface area contributed by atoms with Gasteiger partial charge in [0.05, 0.1) is 0 Å². The Hall–Kier alpha value is -2.22. The zero-order chi connectivity index (χ0) is 17.3. The van der Waals surface area contributed by atoms with Gasteiger partial charge in [-0.15, -0.1) is 0 Å². The van der Waals surface area contributed by atoms with E-state index in [1.165, 1.54) is 22.3 Å². The van der Waals surface area contributed by atoms with Crippen molar-refractivity contribution in [2.75, 3.05) is 0 Å². The van der Waals surface area contributed by atoms with Crippen LogP contribution in [0, 0.1) is 41.5 Å². The predicted octanol–water partition coefficient (Wildman–Crippen LogP) is 4.75. The molecule has 0 saturated heterocycles. The van der Waals surface area contributed by atoms with Crippen LogP contribution in [-0.4, -0.2) is 12.6 Å². The molecule has 0 heterocycles. The van der Waals surface area contributed by atoms with Gasteiger partial charge in [-0.1, -0.05) is 12.1 Å². The van der Waals surface area contributed by atoms with Crippen molar-refractivity contribution in [3.63, 3.8) is 0 Å². The van der Waals surface area contributed by atoms with E-state index in [1.807, 2.05) is 27.7 Å². The second-order valence-corrected chi connectivity index (χ2v) is 6.47. The normalized spacial score (nSPS) is 10.7. The van der Waals surface area contributed by atoms with Crippen LogP contribution < -0.4 is 0 Å². The van der Waals surface area contributed by atoms with Gasteiger partial charge in [0.15, 0.2) is 12.6 Å². The zero-order valence-corrected chi connectivity index (χ0v) is 14.8. The van der Waals surface area contributed by atoms with Crippen molar-refractivity contribution in [1.29, 1.82) is 0 Å². The molecule has 0 atom stereocenters. The molecule has 2 aromatic rings. The molecule has 0 aliphatic heterocycles. The molecule has 0 aromatic heterocycles. The monoisotopic (exact) mass is 308 g/mol. The van der Waals surface area contributed by atoms with Crippen LogP contribution in [-0.2, 0) is 6.42 Å². The van der Waals surface area contributed by atoms with Crippen LogP contribution in [0.15, 0.2) is 12.1 Å². The fourth-order valence-corrected chi connectivity index (χ4v) is 3.57. The maximum atomic E-state index is 11.4. The molecule has 120 valence electrons. The van der Waals surface area contributed by atoms with Crippen LogP contribution in [0.3, 0.4) is 0 Å². The summed E-state index contributed by atoms with van der Waals surface area (Å²) in [7, 11) is 0. The third-order valence-electron chi connectivity index (χ3n) is 4.97. The number of aldehydes is 2. The van der Waals surface area contributed by atoms with Crippen LogP contribution in [0.1, 0.15) is 65.2 Å². The molecule has 0 spiro atoms. The molecular formula is C21H24O2. The number of aryl methyl sites for hydroxylation is 4. The molecule has 2 heteroatoms. The van der Waals surface area contributed by atoms with Gasteiger partial charge in [-0.05, 0) is 92.5 Å². The fourth-order valence-electron chi connectivity index (χ4n) is 3.57. The molecule has 23 heavy (non-hydrogen) atoms. The van der Waals surface area contributed by atoms with Crippen LogP contribution in [0.5, 0.6) is 0 Å². The highest BCUT2D eigenvalue weighted by molar-refractivity contribution is 5.82. The number of carbonyl (C=O) groups excluding carboxylic acids is 2. The second-order valence-electron chi connectivity index (χ2n) is 6.47. The Morgan fingerprint density at radius 1 is 0.652 bits per heavy atom. The van der Waals surface area contributed by atoms with Crippen molar-refractivity contribution in [3.05, 3.63) is 67.8 Å². The molecule has 0 aliphatic carbocycles. The number of rotatable bonds is 4. The SMILES string of the molecule is Cc1cc(C)c(Cc2c(C)cc(C)c(C=O)c2C)c(C)c1C=O. The van der Waals surface area contributed by atoms with Crippen molar-refractivity contribution in [2.24, 2.45) is 0 Å². The standard InChI is InChI=1S/C21H24O2/c1-12-7-14(3)20(10-22)16(5)18(12)9-19-13(2)8-15(4)21(11-23)17(19)6/h7-8,10-11H,9H2,1-6H3. The lowest BCUT2D eigenvalue weighted by molar-refractivity contribution is 0.111. The Kier molecular flexibility index (Phi) is 4.84. The molecule has 0 radical (unpaired) electrons. The highest BCUT2D eigenvalue weighted by Crippen LogP contribution is 2.28. The van der Waals surface area contributed by atoms with Gasteiger partial charge in [0.1, 0.15) is 0 Å². The number of hydrogen-bond acceptors (Lipinski definition) is 2. The van der Waals surface area contributed by atoms with Gasteiger partial charge in [-0.2, -0.15) is 0 Å². The molecule has 0 bridgehead atoms. The van der Waals surface area contributed by atoms with Crippen LogP contribution in [0.2, 0.25) is 0 Å². The average Bonchev–Trinajstić information content (AvgIpc) is 2.46. The van der Waals surface area contributed by atoms with Crippen LogP contribution in [0.4, 0.5) is 0 Å². The molecule has 0 N–H and O–H groups in total. The summed E-state index contributed by atoms with van der Waals surface area (Å²) in [6.45, 7) is 12.1. The van der Waals surface area contributed by atoms with Crippen LogP contribution >= 0.6 is 0 Å². The number of benzene rings is 2. The predicted molar refractivity (Wildman–Crippen MR) is 94.9 cm³/mol. The first-order chi connectivity index (χ1) is 10.8. The Balaban J connectivity index is 2.65. The summed E-state index contributed by atoms with van der Waals surface area (Å²) in [5.41, 5.74) is 10.4. The highest BCUT2D eigenvalue weighted by atomic mass is 16.1. The molecule has 0 saturated carbocycles. The third kappa shape index (κ3) is 2.98. The summed E-state index contributed by atoms with van der Waals surface area (Å²) in [6.07, 6.45) is 2.64. The van der Waals surface area contributed by atoms with Gasteiger partial charge in [0.25, 0.3) is 0 Å². The lowest BCUT2D eigenvalue weighted by Crippen LogP contribution is -2.06. The maximum absolute atomic E-state index is 11.4. The van der Waals surface area contributed by atoms with E-state index in [0.717, 1.165) is 52.4 Å². The molecule has 0 aliphatic rings. The highest BCUT2D eigenvalue weighted by Gasteiger charge is 2.15. The van der Waals surface area contributed by atoms with Crippen molar-refractivity contribution in [3.8, 4) is 0 Å². The first-order valence-electron chi connectivity index (χ1n) is 7.91. The Labute approximate surface area is 138 Å². The molecule has 0 fully saturated rings. The summed E-state index contributed by atoms with van der Waals surface area (Å²) >= 11 is 0. The summed E-state index contributed by atoms with van der Waals surface area (Å²) in [5, 5.41) is 0. The van der Waals surface area contributed by atoms with E-state index in [1.54, 1.807) is 0 Å². The summed E-state index contributed by atoms with van der Waals surface area (Å²) in [5.74, 6) is 0. The van der Waals surface area contributed by atoms with E-state index in [0.29, 0.717) is 0 Å². The van der Waals surface area contributed by atoms with Crippen LogP contribution in [0.25, 0.3) is 0 Å². The zero-order valence-electron chi connectivity index (χ0n) is 14.8. The minimum absolute atomic E-state index is 0.748. The first-order valence-corrected chi connectivity index (χ1v) is 7.91. The summed E-state index contributed by atoms with van der Waals surface area (Å²) in [6, 6.07) is 4.15. The van der Waals surface area contributed by atoms with Crippen molar-refractivity contribution in [2.45, 2.75) is 48.0 Å². The van der Waals surface area contributed by atoms with E-state index >= 15 is 0 Å². The average molecular weight is 308 g/mol. The molecule has 0 amide bonds. The number of carbonyl (C=O) groups is 2. The topological polar surface area (TPSA) is 34.1 Å². The Morgan fingerprint density at radius 3 is 1.30 bits per heavy atom. The van der Waals surface area contributed by atoms with E-state index in [4.69, 9.17) is 0 Å². The van der Waals surface area contributed by atoms with Gasteiger partial charge in [0.2, 0.25) is 0 Å². The lowest BCUT2D eigenvalue weighted by Gasteiger charge is -2.19. The van der Waals surface area contributed by atoms with Crippen molar-refractivity contribution in [1.82, 2.24) is 0 Å². The first kappa shape index (κ1) is 17.1. The Bertz CT molecular complexity index is 731. The minimum Gasteiger partial charge on any atom is -0.298 e. The van der Waals surface area contributed by atoms with Gasteiger partial charge < -0.3 is 0 Å². The smallest absolute Gasteiger partial charge is 0.150 e. The maximum Gasteiger partial charge on any atom is 0.150 e. The van der Waals surface area contributed by atoms with Gasteiger partial charge in [0, 0.05) is 11.1 Å². The summed E-state index contributed by atoms with van der Waals surface area (Å²) < 4.78 is 0. The Morgan fingerprint density at radius 2 is 1.00 bits per heavy atom. The van der Waals surface area contributed by atoms with Crippen molar-refractivity contribution >= 4 is 12.6 Å². The number of hydrogen-bond donors (Lipinski definition) is 0. The third-order valence-corrected chi connectivity index (χ3v) is 4.97. The summed E-state index contributed by atoms with van der Waals surface area (Å²) in [4.78, 5) is 22.8. The quantitative estimate of drug-likeness (QED) is 0.764. The van der Waals surface area contributed by atoms with Gasteiger partial charge >= 0.3 is 0 Å². The largest absolute Gasteiger partial charge is 0.298 e. The van der Waals surface area contributed by atoms with E-state index in [-0.39, 0.29) is 0 Å². The van der Waals surface area contributed by atoms with Gasteiger partial charge in [-0.3, -0.25) is 9.59 Å². The molecule has 2 nitrogen and oxygen atoms in total.